The lowest BCUT2D eigenvalue weighted by atomic mass is 9.98. The molecule has 6 aromatic rings. The van der Waals surface area contributed by atoms with Crippen LogP contribution >= 0.6 is 0 Å². The molecule has 0 N–H and O–H groups in total. The minimum Gasteiger partial charge on any atom is -0.104 e. The third kappa shape index (κ3) is 5.86. The van der Waals surface area contributed by atoms with Gasteiger partial charge in [0, 0.05) is 21.6 Å². The van der Waals surface area contributed by atoms with Crippen molar-refractivity contribution < 1.29 is 0 Å². The van der Waals surface area contributed by atoms with Crippen LogP contribution in [0.15, 0.2) is 170 Å². The van der Waals surface area contributed by atoms with Crippen molar-refractivity contribution in [3.63, 3.8) is 0 Å². The Balaban J connectivity index is 1.46. The molecule has 6 aromatic carbocycles. The summed E-state index contributed by atoms with van der Waals surface area (Å²) in [4.78, 5) is 0. The van der Waals surface area contributed by atoms with Gasteiger partial charge in [-0.15, -0.1) is 11.5 Å². The third-order valence-electron chi connectivity index (χ3n) is 6.89. The van der Waals surface area contributed by atoms with Gasteiger partial charge in [0.05, 0.1) is 0 Å². The van der Waals surface area contributed by atoms with E-state index in [1.54, 1.807) is 0 Å². The molecule has 188 valence electrons. The second-order valence-corrected chi connectivity index (χ2v) is 9.62. The molecular weight excluding hydrogens is 480 g/mol. The largest absolute Gasteiger partial charge is 0.104 e. The minimum atomic E-state index is 1.05. The highest BCUT2D eigenvalue weighted by atomic mass is 14.1. The minimum absolute atomic E-state index is 1.05. The Bertz CT molecular complexity index is 1750. The second-order valence-electron chi connectivity index (χ2n) is 9.62. The van der Waals surface area contributed by atoms with Crippen molar-refractivity contribution in [1.82, 2.24) is 0 Å². The summed E-state index contributed by atoms with van der Waals surface area (Å²) in [6.07, 6.45) is 0. The first-order valence-corrected chi connectivity index (χ1v) is 13.5. The molecule has 6 rings (SSSR count). The van der Waals surface area contributed by atoms with Crippen LogP contribution in [0.5, 0.6) is 0 Å². The lowest BCUT2D eigenvalue weighted by Crippen LogP contribution is -1.98. The highest BCUT2D eigenvalue weighted by Gasteiger charge is 2.04. The summed E-state index contributed by atoms with van der Waals surface area (Å²) >= 11 is 0. The normalized spacial score (nSPS) is 10.3. The predicted octanol–water partition coefficient (Wildman–Crippen LogP) is 8.00. The van der Waals surface area contributed by atoms with E-state index in [1.165, 1.54) is 10.4 Å². The first-order chi connectivity index (χ1) is 19.8. The van der Waals surface area contributed by atoms with Crippen molar-refractivity contribution in [1.29, 1.82) is 0 Å². The van der Waals surface area contributed by atoms with Gasteiger partial charge >= 0.3 is 0 Å². The van der Waals surface area contributed by atoms with E-state index >= 15 is 0 Å². The van der Waals surface area contributed by atoms with Crippen molar-refractivity contribution in [3.05, 3.63) is 213 Å². The van der Waals surface area contributed by atoms with Gasteiger partial charge in [-0.3, -0.25) is 0 Å². The van der Waals surface area contributed by atoms with Crippen LogP contribution in [-0.4, -0.2) is 0 Å². The van der Waals surface area contributed by atoms with Gasteiger partial charge in [0.25, 0.3) is 0 Å². The van der Waals surface area contributed by atoms with Crippen LogP contribution in [0, 0.1) is 10.4 Å². The average Bonchev–Trinajstić information content (AvgIpc) is 3.05. The lowest BCUT2D eigenvalue weighted by molar-refractivity contribution is 1.45. The lowest BCUT2D eigenvalue weighted by Gasteiger charge is -2.05. The number of benzene rings is 6. The molecule has 40 heavy (non-hydrogen) atoms. The van der Waals surface area contributed by atoms with E-state index in [0.717, 1.165) is 43.8 Å². The van der Waals surface area contributed by atoms with Crippen molar-refractivity contribution in [2.24, 2.45) is 0 Å². The number of hydrogen-bond donors (Lipinski definition) is 0. The van der Waals surface area contributed by atoms with Gasteiger partial charge in [0.15, 0.2) is 0 Å². The van der Waals surface area contributed by atoms with Crippen LogP contribution < -0.4 is 10.4 Å². The quantitative estimate of drug-likeness (QED) is 0.226. The summed E-state index contributed by atoms with van der Waals surface area (Å²) in [5.41, 5.74) is 14.1. The molecule has 0 nitrogen and oxygen atoms in total. The smallest absolute Gasteiger partial charge is 0.0315 e. The molecule has 0 heteroatoms. The zero-order valence-electron chi connectivity index (χ0n) is 22.2. The van der Waals surface area contributed by atoms with E-state index in [4.69, 9.17) is 0 Å². The summed E-state index contributed by atoms with van der Waals surface area (Å²) in [6.45, 7) is 0. The van der Waals surface area contributed by atoms with E-state index in [2.05, 4.69) is 157 Å². The van der Waals surface area contributed by atoms with Gasteiger partial charge in [0.1, 0.15) is 0 Å². The molecule has 0 atom stereocenters. The third-order valence-corrected chi connectivity index (χ3v) is 6.89. The van der Waals surface area contributed by atoms with Gasteiger partial charge in [-0.2, -0.15) is 0 Å². The fourth-order valence-corrected chi connectivity index (χ4v) is 4.82. The van der Waals surface area contributed by atoms with Gasteiger partial charge in [-0.05, 0) is 57.0 Å². The fourth-order valence-electron chi connectivity index (χ4n) is 4.82. The molecule has 0 bridgehead atoms. The summed E-state index contributed by atoms with van der Waals surface area (Å²) in [7, 11) is 0. The van der Waals surface area contributed by atoms with Crippen molar-refractivity contribution >= 4 is 22.6 Å². The first-order valence-electron chi connectivity index (χ1n) is 13.5. The monoisotopic (exact) mass is 508 g/mol. The molecule has 0 saturated heterocycles. The molecule has 0 aromatic heterocycles. The molecule has 0 saturated carbocycles. The van der Waals surface area contributed by atoms with Crippen molar-refractivity contribution in [3.8, 4) is 0 Å². The standard InChI is InChI=1S/C40H28/c1-5-13-35(14-6-1)39(36-15-7-2-8-16-36)29-31-21-25-33(26-22-31)34-27-23-32(24-28-34)30-40(37-17-9-3-10-18-37)38-19-11-4-12-20-38/h1-28H. The van der Waals surface area contributed by atoms with Crippen molar-refractivity contribution in [2.75, 3.05) is 0 Å². The molecule has 0 radical (unpaired) electrons. The molecule has 0 amide bonds. The predicted molar refractivity (Wildman–Crippen MR) is 167 cm³/mol. The molecule has 0 spiro atoms. The summed E-state index contributed by atoms with van der Waals surface area (Å²) in [5, 5.41) is 4.45. The first kappa shape index (κ1) is 24.9. The molecule has 0 aliphatic rings. The maximum absolute atomic E-state index is 3.66. The van der Waals surface area contributed by atoms with Crippen LogP contribution in [-0.2, 0) is 0 Å². The van der Waals surface area contributed by atoms with Gasteiger partial charge in [0.2, 0.25) is 0 Å². The Morgan fingerprint density at radius 2 is 0.525 bits per heavy atom. The van der Waals surface area contributed by atoms with E-state index in [-0.39, 0.29) is 0 Å². The molecule has 0 aliphatic heterocycles. The highest BCUT2D eigenvalue weighted by molar-refractivity contribution is 5.86. The maximum Gasteiger partial charge on any atom is 0.0315 e. The SMILES string of the molecule is C(=C(c1ccccc1)c1ccccc1)=c1ccc(=c2ccc(=C=C(c3ccccc3)c3ccccc3)cc2)cc1. The van der Waals surface area contributed by atoms with Crippen LogP contribution in [0.1, 0.15) is 22.3 Å². The molecule has 0 aliphatic carbocycles. The van der Waals surface area contributed by atoms with E-state index in [9.17, 15) is 0 Å². The van der Waals surface area contributed by atoms with E-state index < -0.39 is 0 Å². The Morgan fingerprint density at radius 1 is 0.275 bits per heavy atom. The molecule has 0 unspecified atom stereocenters. The van der Waals surface area contributed by atoms with Crippen LogP contribution in [0.2, 0.25) is 0 Å². The fraction of sp³-hybridized carbons (Fsp3) is 0. The van der Waals surface area contributed by atoms with E-state index in [0.29, 0.717) is 0 Å². The zero-order valence-corrected chi connectivity index (χ0v) is 22.2. The van der Waals surface area contributed by atoms with E-state index in [1.807, 2.05) is 24.3 Å². The molecule has 0 fully saturated rings. The Morgan fingerprint density at radius 3 is 0.775 bits per heavy atom. The molecular formula is C40H28. The van der Waals surface area contributed by atoms with Gasteiger partial charge in [-0.1, -0.05) is 146 Å². The number of rotatable bonds is 4. The van der Waals surface area contributed by atoms with Gasteiger partial charge in [-0.25, -0.2) is 0 Å². The van der Waals surface area contributed by atoms with Crippen LogP contribution in [0.4, 0.5) is 0 Å². The summed E-state index contributed by atoms with van der Waals surface area (Å²) in [5.74, 6) is 0. The summed E-state index contributed by atoms with van der Waals surface area (Å²) < 4.78 is 0. The maximum atomic E-state index is 3.66. The van der Waals surface area contributed by atoms with Crippen LogP contribution in [0.25, 0.3) is 22.6 Å². The summed E-state index contributed by atoms with van der Waals surface area (Å²) in [6, 6.07) is 59.1. The topological polar surface area (TPSA) is 0 Å². The average molecular weight is 509 g/mol. The Kier molecular flexibility index (Phi) is 7.47. The zero-order chi connectivity index (χ0) is 27.0. The Labute approximate surface area is 235 Å². The Hall–Kier alpha value is -5.38. The molecule has 0 heterocycles. The highest BCUT2D eigenvalue weighted by Crippen LogP contribution is 2.22. The van der Waals surface area contributed by atoms with Crippen LogP contribution in [0.3, 0.4) is 0 Å². The van der Waals surface area contributed by atoms with Crippen molar-refractivity contribution in [2.45, 2.75) is 0 Å². The second kappa shape index (κ2) is 12.0. The number of hydrogen-bond acceptors (Lipinski definition) is 0. The van der Waals surface area contributed by atoms with Gasteiger partial charge < -0.3 is 0 Å².